The molecule has 0 saturated carbocycles. The SMILES string of the molecule is CC(C)c1ncncc1C(=O)NCC(Cc1cccc2ccccc12)C(=O)O. The van der Waals surface area contributed by atoms with E-state index in [0.717, 1.165) is 16.3 Å². The Kier molecular flexibility index (Phi) is 5.99. The lowest BCUT2D eigenvalue weighted by atomic mass is 9.94. The third kappa shape index (κ3) is 4.34. The molecular formula is C22H23N3O3. The number of hydrogen-bond donors (Lipinski definition) is 2. The number of rotatable bonds is 7. The zero-order chi connectivity index (χ0) is 20.1. The van der Waals surface area contributed by atoms with E-state index in [1.165, 1.54) is 12.5 Å². The highest BCUT2D eigenvalue weighted by Gasteiger charge is 2.22. The molecule has 0 aliphatic carbocycles. The summed E-state index contributed by atoms with van der Waals surface area (Å²) >= 11 is 0. The van der Waals surface area contributed by atoms with Crippen molar-refractivity contribution < 1.29 is 14.7 Å². The largest absolute Gasteiger partial charge is 0.481 e. The molecule has 3 aromatic rings. The molecule has 2 N–H and O–H groups in total. The highest BCUT2D eigenvalue weighted by Crippen LogP contribution is 2.21. The van der Waals surface area contributed by atoms with Crippen LogP contribution >= 0.6 is 0 Å². The third-order valence-electron chi connectivity index (χ3n) is 4.74. The third-order valence-corrected chi connectivity index (χ3v) is 4.74. The van der Waals surface area contributed by atoms with E-state index in [9.17, 15) is 14.7 Å². The molecule has 0 saturated heterocycles. The van der Waals surface area contributed by atoms with Crippen molar-refractivity contribution in [1.82, 2.24) is 15.3 Å². The first-order valence-corrected chi connectivity index (χ1v) is 9.25. The molecule has 1 heterocycles. The van der Waals surface area contributed by atoms with Crippen molar-refractivity contribution in [3.63, 3.8) is 0 Å². The lowest BCUT2D eigenvalue weighted by Gasteiger charge is -2.16. The maximum absolute atomic E-state index is 12.6. The lowest BCUT2D eigenvalue weighted by molar-refractivity contribution is -0.141. The van der Waals surface area contributed by atoms with Gasteiger partial charge in [-0.3, -0.25) is 9.59 Å². The van der Waals surface area contributed by atoms with E-state index in [-0.39, 0.29) is 18.4 Å². The summed E-state index contributed by atoms with van der Waals surface area (Å²) in [5.41, 5.74) is 1.98. The molecule has 3 rings (SSSR count). The number of amides is 1. The fourth-order valence-electron chi connectivity index (χ4n) is 3.27. The second-order valence-corrected chi connectivity index (χ2v) is 7.06. The molecule has 1 amide bonds. The number of carbonyl (C=O) groups is 2. The summed E-state index contributed by atoms with van der Waals surface area (Å²) in [6.45, 7) is 3.92. The predicted molar refractivity (Wildman–Crippen MR) is 107 cm³/mol. The Hall–Kier alpha value is -3.28. The minimum atomic E-state index is -0.943. The van der Waals surface area contributed by atoms with Crippen LogP contribution in [0.5, 0.6) is 0 Å². The number of nitrogens with zero attached hydrogens (tertiary/aromatic N) is 2. The van der Waals surface area contributed by atoms with Gasteiger partial charge in [-0.15, -0.1) is 0 Å². The Balaban J connectivity index is 1.76. The van der Waals surface area contributed by atoms with Gasteiger partial charge < -0.3 is 10.4 Å². The number of carbonyl (C=O) groups excluding carboxylic acids is 1. The van der Waals surface area contributed by atoms with Gasteiger partial charge in [0.1, 0.15) is 6.33 Å². The van der Waals surface area contributed by atoms with Crippen molar-refractivity contribution in [2.75, 3.05) is 6.54 Å². The van der Waals surface area contributed by atoms with Gasteiger partial charge in [0.15, 0.2) is 0 Å². The van der Waals surface area contributed by atoms with Gasteiger partial charge in [0, 0.05) is 12.7 Å². The van der Waals surface area contributed by atoms with Crippen LogP contribution in [-0.4, -0.2) is 33.5 Å². The van der Waals surface area contributed by atoms with Gasteiger partial charge in [-0.05, 0) is 28.7 Å². The fraction of sp³-hybridized carbons (Fsp3) is 0.273. The molecule has 0 fully saturated rings. The van der Waals surface area contributed by atoms with E-state index in [1.807, 2.05) is 56.3 Å². The molecule has 0 radical (unpaired) electrons. The van der Waals surface area contributed by atoms with E-state index in [2.05, 4.69) is 15.3 Å². The van der Waals surface area contributed by atoms with Gasteiger partial charge in [-0.1, -0.05) is 56.3 Å². The molecule has 144 valence electrons. The summed E-state index contributed by atoms with van der Waals surface area (Å²) in [5.74, 6) is -1.97. The van der Waals surface area contributed by atoms with Crippen LogP contribution in [0.15, 0.2) is 55.0 Å². The molecule has 2 aromatic carbocycles. The molecule has 1 aromatic heterocycles. The van der Waals surface area contributed by atoms with Crippen LogP contribution in [0, 0.1) is 5.92 Å². The van der Waals surface area contributed by atoms with Crippen molar-refractivity contribution in [2.45, 2.75) is 26.2 Å². The van der Waals surface area contributed by atoms with Crippen LogP contribution in [-0.2, 0) is 11.2 Å². The number of carboxylic acids is 1. The van der Waals surface area contributed by atoms with E-state index in [1.54, 1.807) is 0 Å². The van der Waals surface area contributed by atoms with E-state index >= 15 is 0 Å². The summed E-state index contributed by atoms with van der Waals surface area (Å²) in [4.78, 5) is 32.5. The minimum absolute atomic E-state index is 0.0316. The number of carboxylic acid groups (broad SMARTS) is 1. The first kappa shape index (κ1) is 19.5. The number of aromatic nitrogens is 2. The van der Waals surface area contributed by atoms with Gasteiger partial charge in [0.2, 0.25) is 0 Å². The summed E-state index contributed by atoms with van der Waals surface area (Å²) < 4.78 is 0. The Morgan fingerprint density at radius 1 is 1.11 bits per heavy atom. The molecular weight excluding hydrogens is 354 g/mol. The maximum atomic E-state index is 12.6. The van der Waals surface area contributed by atoms with Crippen molar-refractivity contribution in [3.8, 4) is 0 Å². The van der Waals surface area contributed by atoms with Crippen molar-refractivity contribution in [1.29, 1.82) is 0 Å². The normalized spacial score (nSPS) is 12.1. The standard InChI is InChI=1S/C22H23N3O3/c1-14(2)20-19(12-23-13-25-20)21(26)24-11-17(22(27)28)10-16-8-5-7-15-6-3-4-9-18(15)16/h3-9,12-14,17H,10-11H2,1-2H3,(H,24,26)(H,27,28). The molecule has 28 heavy (non-hydrogen) atoms. The van der Waals surface area contributed by atoms with Gasteiger partial charge >= 0.3 is 5.97 Å². The van der Waals surface area contributed by atoms with Crippen molar-refractivity contribution in [2.24, 2.45) is 5.92 Å². The van der Waals surface area contributed by atoms with Crippen LogP contribution in [0.25, 0.3) is 10.8 Å². The Morgan fingerprint density at radius 2 is 1.86 bits per heavy atom. The Bertz CT molecular complexity index is 996. The molecule has 0 spiro atoms. The van der Waals surface area contributed by atoms with Crippen LogP contribution < -0.4 is 5.32 Å². The number of hydrogen-bond acceptors (Lipinski definition) is 4. The highest BCUT2D eigenvalue weighted by molar-refractivity contribution is 5.95. The lowest BCUT2D eigenvalue weighted by Crippen LogP contribution is -2.34. The zero-order valence-corrected chi connectivity index (χ0v) is 15.9. The second kappa shape index (κ2) is 8.61. The number of fused-ring (bicyclic) bond motifs is 1. The maximum Gasteiger partial charge on any atom is 0.308 e. The quantitative estimate of drug-likeness (QED) is 0.658. The van der Waals surface area contributed by atoms with Crippen molar-refractivity contribution in [3.05, 3.63) is 71.8 Å². The van der Waals surface area contributed by atoms with Crippen LogP contribution in [0.1, 0.15) is 41.4 Å². The fourth-order valence-corrected chi connectivity index (χ4v) is 3.27. The number of aliphatic carboxylic acids is 1. The monoisotopic (exact) mass is 377 g/mol. The average molecular weight is 377 g/mol. The van der Waals surface area contributed by atoms with Gasteiger partial charge in [0.05, 0.1) is 17.2 Å². The molecule has 1 unspecified atom stereocenters. The van der Waals surface area contributed by atoms with Crippen LogP contribution in [0.3, 0.4) is 0 Å². The second-order valence-electron chi connectivity index (χ2n) is 7.06. The number of benzene rings is 2. The Labute approximate surface area is 163 Å². The van der Waals surface area contributed by atoms with Gasteiger partial charge in [0.25, 0.3) is 5.91 Å². The van der Waals surface area contributed by atoms with Gasteiger partial charge in [-0.25, -0.2) is 9.97 Å². The van der Waals surface area contributed by atoms with E-state index in [4.69, 9.17) is 0 Å². The smallest absolute Gasteiger partial charge is 0.308 e. The predicted octanol–water partition coefficient (Wildman–Crippen LogP) is 3.43. The molecule has 6 nitrogen and oxygen atoms in total. The topological polar surface area (TPSA) is 92.2 Å². The Morgan fingerprint density at radius 3 is 2.61 bits per heavy atom. The molecule has 0 aliphatic rings. The van der Waals surface area contributed by atoms with Crippen LogP contribution in [0.4, 0.5) is 0 Å². The molecule has 6 heteroatoms. The molecule has 1 atom stereocenters. The van der Waals surface area contributed by atoms with E-state index < -0.39 is 11.9 Å². The molecule has 0 aliphatic heterocycles. The van der Waals surface area contributed by atoms with E-state index in [0.29, 0.717) is 17.7 Å². The van der Waals surface area contributed by atoms with Crippen molar-refractivity contribution >= 4 is 22.6 Å². The zero-order valence-electron chi connectivity index (χ0n) is 15.9. The minimum Gasteiger partial charge on any atom is -0.481 e. The summed E-state index contributed by atoms with van der Waals surface area (Å²) in [6.07, 6.45) is 3.21. The first-order valence-electron chi connectivity index (χ1n) is 9.25. The van der Waals surface area contributed by atoms with Crippen LogP contribution in [0.2, 0.25) is 0 Å². The molecule has 0 bridgehead atoms. The summed E-state index contributed by atoms with van der Waals surface area (Å²) in [5, 5.41) is 14.5. The summed E-state index contributed by atoms with van der Waals surface area (Å²) in [7, 11) is 0. The highest BCUT2D eigenvalue weighted by atomic mass is 16.4. The first-order chi connectivity index (χ1) is 13.5. The van der Waals surface area contributed by atoms with Gasteiger partial charge in [-0.2, -0.15) is 0 Å². The average Bonchev–Trinajstić information content (AvgIpc) is 2.70. The summed E-state index contributed by atoms with van der Waals surface area (Å²) in [6, 6.07) is 13.7. The number of nitrogens with one attached hydrogen (secondary N) is 1.